The van der Waals surface area contributed by atoms with Crippen LogP contribution in [0.4, 0.5) is 0 Å². The lowest BCUT2D eigenvalue weighted by Crippen LogP contribution is -2.00. The van der Waals surface area contributed by atoms with Gasteiger partial charge < -0.3 is 5.11 Å². The maximum atomic E-state index is 12.0. The van der Waals surface area contributed by atoms with Crippen molar-refractivity contribution in [3.8, 4) is 0 Å². The van der Waals surface area contributed by atoms with E-state index in [-0.39, 0.29) is 6.42 Å². The van der Waals surface area contributed by atoms with E-state index in [1.165, 1.54) is 0 Å². The molecule has 1 heterocycles. The second-order valence-electron chi connectivity index (χ2n) is 3.84. The topological polar surface area (TPSA) is 54.4 Å². The molecule has 94 valence electrons. The Hall–Kier alpha value is -1.46. The fourth-order valence-electron chi connectivity index (χ4n) is 1.54. The van der Waals surface area contributed by atoms with Gasteiger partial charge in [-0.2, -0.15) is 11.3 Å². The van der Waals surface area contributed by atoms with E-state index in [0.717, 1.165) is 16.0 Å². The van der Waals surface area contributed by atoms with Gasteiger partial charge in [-0.25, -0.2) is 0 Å². The van der Waals surface area contributed by atoms with Crippen molar-refractivity contribution in [2.45, 2.75) is 17.1 Å². The van der Waals surface area contributed by atoms with Crippen LogP contribution in [0.3, 0.4) is 0 Å². The highest BCUT2D eigenvalue weighted by atomic mass is 32.2. The van der Waals surface area contributed by atoms with Crippen LogP contribution in [-0.4, -0.2) is 15.3 Å². The molecular weight excluding hydrogens is 268 g/mol. The summed E-state index contributed by atoms with van der Waals surface area (Å²) in [5.74, 6) is -0.357. The third-order valence-corrected chi connectivity index (χ3v) is 4.54. The average Bonchev–Trinajstić information content (AvgIpc) is 2.82. The SMILES string of the molecule is O=C(O)Cc1ccc(S(=O)Cc2ccsc2)cc1. The van der Waals surface area contributed by atoms with Gasteiger partial charge in [0, 0.05) is 4.90 Å². The normalized spacial score (nSPS) is 12.2. The molecule has 1 aromatic carbocycles. The van der Waals surface area contributed by atoms with Crippen molar-refractivity contribution in [3.63, 3.8) is 0 Å². The summed E-state index contributed by atoms with van der Waals surface area (Å²) in [5.41, 5.74) is 1.78. The molecule has 0 aliphatic rings. The molecule has 0 saturated carbocycles. The second kappa shape index (κ2) is 5.93. The van der Waals surface area contributed by atoms with Crippen LogP contribution in [0.5, 0.6) is 0 Å². The van der Waals surface area contributed by atoms with Crippen molar-refractivity contribution >= 4 is 28.1 Å². The molecule has 0 amide bonds. The number of carbonyl (C=O) groups is 1. The first-order valence-electron chi connectivity index (χ1n) is 5.35. The number of hydrogen-bond acceptors (Lipinski definition) is 3. The van der Waals surface area contributed by atoms with E-state index in [0.29, 0.717) is 5.75 Å². The molecule has 0 aliphatic carbocycles. The summed E-state index contributed by atoms with van der Waals surface area (Å²) >= 11 is 1.59. The van der Waals surface area contributed by atoms with E-state index in [2.05, 4.69) is 0 Å². The molecule has 0 fully saturated rings. The zero-order chi connectivity index (χ0) is 13.0. The summed E-state index contributed by atoms with van der Waals surface area (Å²) in [6.07, 6.45) is -0.00253. The van der Waals surface area contributed by atoms with Gasteiger partial charge in [-0.05, 0) is 40.1 Å². The summed E-state index contributed by atoms with van der Waals surface area (Å²) in [5, 5.41) is 12.6. The molecule has 0 radical (unpaired) electrons. The second-order valence-corrected chi connectivity index (χ2v) is 6.07. The van der Waals surface area contributed by atoms with Crippen LogP contribution in [0.25, 0.3) is 0 Å². The number of aliphatic carboxylic acids is 1. The minimum absolute atomic E-state index is 0.00253. The first-order valence-corrected chi connectivity index (χ1v) is 7.61. The zero-order valence-electron chi connectivity index (χ0n) is 9.54. The van der Waals surface area contributed by atoms with Crippen LogP contribution in [0.1, 0.15) is 11.1 Å². The Labute approximate surface area is 112 Å². The highest BCUT2D eigenvalue weighted by Crippen LogP contribution is 2.15. The molecule has 2 rings (SSSR count). The molecular formula is C13H12O3S2. The predicted molar refractivity (Wildman–Crippen MR) is 72.2 cm³/mol. The van der Waals surface area contributed by atoms with Crippen LogP contribution in [0, 0.1) is 0 Å². The Morgan fingerprint density at radius 1 is 1.17 bits per heavy atom. The average molecular weight is 280 g/mol. The van der Waals surface area contributed by atoms with Crippen molar-refractivity contribution < 1.29 is 14.1 Å². The molecule has 1 aromatic heterocycles. The smallest absolute Gasteiger partial charge is 0.307 e. The minimum Gasteiger partial charge on any atom is -0.481 e. The summed E-state index contributed by atoms with van der Waals surface area (Å²) in [6, 6.07) is 8.87. The zero-order valence-corrected chi connectivity index (χ0v) is 11.2. The van der Waals surface area contributed by atoms with Crippen LogP contribution in [-0.2, 0) is 27.8 Å². The van der Waals surface area contributed by atoms with Crippen molar-refractivity contribution in [2.24, 2.45) is 0 Å². The highest BCUT2D eigenvalue weighted by molar-refractivity contribution is 7.84. The van der Waals surface area contributed by atoms with Gasteiger partial charge in [0.1, 0.15) is 0 Å². The van der Waals surface area contributed by atoms with E-state index in [1.807, 2.05) is 16.8 Å². The lowest BCUT2D eigenvalue weighted by atomic mass is 10.2. The molecule has 1 unspecified atom stereocenters. The lowest BCUT2D eigenvalue weighted by Gasteiger charge is -2.02. The van der Waals surface area contributed by atoms with Crippen LogP contribution >= 0.6 is 11.3 Å². The number of benzene rings is 1. The van der Waals surface area contributed by atoms with Gasteiger partial charge in [0.2, 0.25) is 0 Å². The largest absolute Gasteiger partial charge is 0.481 e. The maximum absolute atomic E-state index is 12.0. The maximum Gasteiger partial charge on any atom is 0.307 e. The third kappa shape index (κ3) is 3.51. The Kier molecular flexibility index (Phi) is 4.28. The Morgan fingerprint density at radius 3 is 2.44 bits per heavy atom. The number of rotatable bonds is 5. The first kappa shape index (κ1) is 13.0. The number of hydrogen-bond donors (Lipinski definition) is 1. The van der Waals surface area contributed by atoms with E-state index < -0.39 is 16.8 Å². The van der Waals surface area contributed by atoms with Gasteiger partial charge in [-0.3, -0.25) is 9.00 Å². The standard InChI is InChI=1S/C13H12O3S2/c14-13(15)7-10-1-3-12(4-2-10)18(16)9-11-5-6-17-8-11/h1-6,8H,7,9H2,(H,14,15). The molecule has 0 saturated heterocycles. The number of thiophene rings is 1. The van der Waals surface area contributed by atoms with Gasteiger partial charge in [-0.1, -0.05) is 12.1 Å². The Balaban J connectivity index is 2.05. The molecule has 18 heavy (non-hydrogen) atoms. The van der Waals surface area contributed by atoms with Crippen molar-refractivity contribution in [1.29, 1.82) is 0 Å². The molecule has 3 nitrogen and oxygen atoms in total. The molecule has 1 atom stereocenters. The fraction of sp³-hybridized carbons (Fsp3) is 0.154. The number of carboxylic acids is 1. The van der Waals surface area contributed by atoms with Crippen LogP contribution < -0.4 is 0 Å². The molecule has 0 aliphatic heterocycles. The summed E-state index contributed by atoms with van der Waals surface area (Å²) in [7, 11) is -1.07. The van der Waals surface area contributed by atoms with Gasteiger partial charge in [0.05, 0.1) is 23.0 Å². The van der Waals surface area contributed by atoms with Crippen LogP contribution in [0.2, 0.25) is 0 Å². The Bertz CT molecular complexity index is 544. The molecule has 2 aromatic rings. The summed E-state index contributed by atoms with van der Waals surface area (Å²) in [4.78, 5) is 11.3. The molecule has 5 heteroatoms. The predicted octanol–water partition coefficient (Wildman–Crippen LogP) is 2.68. The lowest BCUT2D eigenvalue weighted by molar-refractivity contribution is -0.136. The van der Waals surface area contributed by atoms with Crippen molar-refractivity contribution in [3.05, 3.63) is 52.2 Å². The molecule has 1 N–H and O–H groups in total. The van der Waals surface area contributed by atoms with E-state index >= 15 is 0 Å². The first-order chi connectivity index (χ1) is 8.65. The van der Waals surface area contributed by atoms with Gasteiger partial charge in [0.25, 0.3) is 0 Å². The molecule has 0 bridgehead atoms. The molecule has 0 spiro atoms. The monoisotopic (exact) mass is 280 g/mol. The highest BCUT2D eigenvalue weighted by Gasteiger charge is 2.06. The van der Waals surface area contributed by atoms with Crippen molar-refractivity contribution in [2.75, 3.05) is 0 Å². The summed E-state index contributed by atoms with van der Waals surface area (Å²) in [6.45, 7) is 0. The fourth-order valence-corrected chi connectivity index (χ4v) is 3.41. The van der Waals surface area contributed by atoms with E-state index in [9.17, 15) is 9.00 Å². The van der Waals surface area contributed by atoms with Gasteiger partial charge in [-0.15, -0.1) is 0 Å². The quantitative estimate of drug-likeness (QED) is 0.916. The van der Waals surface area contributed by atoms with E-state index in [1.54, 1.807) is 35.6 Å². The van der Waals surface area contributed by atoms with Gasteiger partial charge in [0.15, 0.2) is 0 Å². The summed E-state index contributed by atoms with van der Waals surface area (Å²) < 4.78 is 12.0. The van der Waals surface area contributed by atoms with Crippen LogP contribution in [0.15, 0.2) is 46.0 Å². The van der Waals surface area contributed by atoms with Gasteiger partial charge >= 0.3 is 5.97 Å². The van der Waals surface area contributed by atoms with Crippen molar-refractivity contribution in [1.82, 2.24) is 0 Å². The third-order valence-electron chi connectivity index (χ3n) is 2.42. The minimum atomic E-state index is -1.07. The number of carboxylic acid groups (broad SMARTS) is 1. The van der Waals surface area contributed by atoms with E-state index in [4.69, 9.17) is 5.11 Å². The Morgan fingerprint density at radius 2 is 1.89 bits per heavy atom.